The molecule has 0 spiro atoms. The Hall–Kier alpha value is -2.05. The van der Waals surface area contributed by atoms with E-state index in [2.05, 4.69) is 15.7 Å². The van der Waals surface area contributed by atoms with Crippen molar-refractivity contribution in [1.29, 1.82) is 0 Å². The number of carboxylic acid groups (broad SMARTS) is 1. The van der Waals surface area contributed by atoms with Crippen LogP contribution in [0.15, 0.2) is 12.4 Å². The summed E-state index contributed by atoms with van der Waals surface area (Å²) in [5.41, 5.74) is 0.872. The van der Waals surface area contributed by atoms with Crippen molar-refractivity contribution < 1.29 is 14.7 Å². The molecular weight excluding hydrogens is 272 g/mol. The Morgan fingerprint density at radius 3 is 2.71 bits per heavy atom. The lowest BCUT2D eigenvalue weighted by Crippen LogP contribution is -2.50. The minimum atomic E-state index is -0.960. The Balaban J connectivity index is 1.84. The quantitative estimate of drug-likeness (QED) is 0.761. The molecule has 1 fully saturated rings. The third-order valence-corrected chi connectivity index (χ3v) is 3.89. The van der Waals surface area contributed by atoms with Crippen LogP contribution in [-0.2, 0) is 18.4 Å². The van der Waals surface area contributed by atoms with Gasteiger partial charge in [-0.05, 0) is 18.8 Å². The Labute approximate surface area is 123 Å². The van der Waals surface area contributed by atoms with E-state index >= 15 is 0 Å². The highest BCUT2D eigenvalue weighted by molar-refractivity contribution is 5.82. The first-order chi connectivity index (χ1) is 10.1. The molecule has 1 aromatic heterocycles. The van der Waals surface area contributed by atoms with Gasteiger partial charge in [0.25, 0.3) is 0 Å². The SMILES string of the molecule is Cn1cc(CNC(=O)NC(C(=O)O)C2CCCCC2)cn1. The van der Waals surface area contributed by atoms with Crippen molar-refractivity contribution in [3.05, 3.63) is 18.0 Å². The van der Waals surface area contributed by atoms with Gasteiger partial charge in [-0.25, -0.2) is 9.59 Å². The Kier molecular flexibility index (Phi) is 5.19. The zero-order valence-electron chi connectivity index (χ0n) is 12.2. The summed E-state index contributed by atoms with van der Waals surface area (Å²) in [6.07, 6.45) is 8.41. The molecule has 1 aliphatic rings. The number of aromatic nitrogens is 2. The van der Waals surface area contributed by atoms with Crippen LogP contribution in [0.5, 0.6) is 0 Å². The van der Waals surface area contributed by atoms with E-state index in [1.54, 1.807) is 24.1 Å². The molecular formula is C14H22N4O3. The van der Waals surface area contributed by atoms with Crippen LogP contribution < -0.4 is 10.6 Å². The second-order valence-electron chi connectivity index (χ2n) is 5.56. The number of nitrogens with one attached hydrogen (secondary N) is 2. The van der Waals surface area contributed by atoms with E-state index in [4.69, 9.17) is 0 Å². The van der Waals surface area contributed by atoms with E-state index < -0.39 is 18.0 Å². The molecule has 0 aliphatic heterocycles. The van der Waals surface area contributed by atoms with Gasteiger partial charge in [0.15, 0.2) is 0 Å². The summed E-state index contributed by atoms with van der Waals surface area (Å²) in [5, 5.41) is 18.6. The molecule has 0 bridgehead atoms. The van der Waals surface area contributed by atoms with Gasteiger partial charge in [-0.2, -0.15) is 5.10 Å². The van der Waals surface area contributed by atoms with Gasteiger partial charge < -0.3 is 15.7 Å². The van der Waals surface area contributed by atoms with E-state index in [9.17, 15) is 14.7 Å². The minimum Gasteiger partial charge on any atom is -0.480 e. The lowest BCUT2D eigenvalue weighted by molar-refractivity contribution is -0.141. The largest absolute Gasteiger partial charge is 0.480 e. The third kappa shape index (κ3) is 4.47. The highest BCUT2D eigenvalue weighted by Crippen LogP contribution is 2.26. The van der Waals surface area contributed by atoms with Crippen LogP contribution in [-0.4, -0.2) is 32.9 Å². The van der Waals surface area contributed by atoms with E-state index in [1.807, 2.05) is 0 Å². The maximum atomic E-state index is 11.9. The number of rotatable bonds is 5. The van der Waals surface area contributed by atoms with Crippen molar-refractivity contribution in [3.63, 3.8) is 0 Å². The zero-order valence-corrected chi connectivity index (χ0v) is 12.2. The van der Waals surface area contributed by atoms with Gasteiger partial charge >= 0.3 is 12.0 Å². The minimum absolute atomic E-state index is 0.0281. The standard InChI is InChI=1S/C14H22N4O3/c1-18-9-10(8-16-18)7-15-14(21)17-12(13(19)20)11-5-3-2-4-6-11/h8-9,11-12H,2-7H2,1H3,(H,19,20)(H2,15,17,21). The number of carbonyl (C=O) groups is 2. The van der Waals surface area contributed by atoms with Crippen molar-refractivity contribution in [3.8, 4) is 0 Å². The molecule has 1 saturated carbocycles. The second kappa shape index (κ2) is 7.10. The van der Waals surface area contributed by atoms with Crippen molar-refractivity contribution in [2.45, 2.75) is 44.7 Å². The van der Waals surface area contributed by atoms with Crippen molar-refractivity contribution >= 4 is 12.0 Å². The van der Waals surface area contributed by atoms with E-state index in [-0.39, 0.29) is 5.92 Å². The number of carboxylic acids is 1. The first kappa shape index (κ1) is 15.3. The van der Waals surface area contributed by atoms with Crippen LogP contribution in [0.3, 0.4) is 0 Å². The molecule has 1 aliphatic carbocycles. The fraction of sp³-hybridized carbons (Fsp3) is 0.643. The Bertz CT molecular complexity index is 494. The van der Waals surface area contributed by atoms with Crippen LogP contribution in [0.25, 0.3) is 0 Å². The van der Waals surface area contributed by atoms with Gasteiger partial charge in [-0.1, -0.05) is 19.3 Å². The van der Waals surface area contributed by atoms with E-state index in [1.165, 1.54) is 0 Å². The lowest BCUT2D eigenvalue weighted by atomic mass is 9.84. The van der Waals surface area contributed by atoms with Gasteiger partial charge in [-0.15, -0.1) is 0 Å². The summed E-state index contributed by atoms with van der Waals surface area (Å²) in [5.74, 6) is -0.932. The van der Waals surface area contributed by atoms with Gasteiger partial charge in [0.2, 0.25) is 0 Å². The molecule has 1 atom stereocenters. The normalized spacial score (nSPS) is 17.2. The van der Waals surface area contributed by atoms with Gasteiger partial charge in [0, 0.05) is 25.4 Å². The van der Waals surface area contributed by atoms with Crippen LogP contribution in [0.4, 0.5) is 4.79 Å². The van der Waals surface area contributed by atoms with E-state index in [0.717, 1.165) is 37.7 Å². The molecule has 1 heterocycles. The Morgan fingerprint density at radius 1 is 1.43 bits per heavy atom. The fourth-order valence-corrected chi connectivity index (χ4v) is 2.79. The number of carbonyl (C=O) groups excluding carboxylic acids is 1. The highest BCUT2D eigenvalue weighted by atomic mass is 16.4. The average molecular weight is 294 g/mol. The smallest absolute Gasteiger partial charge is 0.326 e. The molecule has 0 aromatic carbocycles. The van der Waals surface area contributed by atoms with Crippen LogP contribution in [0.2, 0.25) is 0 Å². The summed E-state index contributed by atoms with van der Waals surface area (Å²) in [4.78, 5) is 23.2. The first-order valence-corrected chi connectivity index (χ1v) is 7.31. The number of urea groups is 1. The van der Waals surface area contributed by atoms with Crippen LogP contribution in [0.1, 0.15) is 37.7 Å². The number of nitrogens with zero attached hydrogens (tertiary/aromatic N) is 2. The molecule has 21 heavy (non-hydrogen) atoms. The molecule has 1 unspecified atom stereocenters. The molecule has 2 rings (SSSR count). The average Bonchev–Trinajstić information content (AvgIpc) is 2.89. The second-order valence-corrected chi connectivity index (χ2v) is 5.56. The summed E-state index contributed by atoms with van der Waals surface area (Å²) in [6.45, 7) is 0.330. The number of aryl methyl sites for hydroxylation is 1. The molecule has 0 radical (unpaired) electrons. The molecule has 7 heteroatoms. The topological polar surface area (TPSA) is 96.2 Å². The highest BCUT2D eigenvalue weighted by Gasteiger charge is 2.30. The number of hydrogen-bond donors (Lipinski definition) is 3. The van der Waals surface area contributed by atoms with Crippen LogP contribution >= 0.6 is 0 Å². The predicted molar refractivity (Wildman–Crippen MR) is 76.6 cm³/mol. The summed E-state index contributed by atoms with van der Waals surface area (Å²) < 4.78 is 1.65. The molecule has 2 amide bonds. The molecule has 0 saturated heterocycles. The lowest BCUT2D eigenvalue weighted by Gasteiger charge is -2.28. The maximum absolute atomic E-state index is 11.9. The fourth-order valence-electron chi connectivity index (χ4n) is 2.79. The van der Waals surface area contributed by atoms with Crippen molar-refractivity contribution in [1.82, 2.24) is 20.4 Å². The third-order valence-electron chi connectivity index (χ3n) is 3.89. The molecule has 7 nitrogen and oxygen atoms in total. The molecule has 3 N–H and O–H groups in total. The maximum Gasteiger partial charge on any atom is 0.326 e. The zero-order chi connectivity index (χ0) is 15.2. The summed E-state index contributed by atoms with van der Waals surface area (Å²) in [6, 6.07) is -1.25. The molecule has 1 aromatic rings. The van der Waals surface area contributed by atoms with Gasteiger partial charge in [-0.3, -0.25) is 4.68 Å². The Morgan fingerprint density at radius 2 is 2.14 bits per heavy atom. The van der Waals surface area contributed by atoms with Crippen molar-refractivity contribution in [2.24, 2.45) is 13.0 Å². The number of amides is 2. The number of aliphatic carboxylic acids is 1. The monoisotopic (exact) mass is 294 g/mol. The summed E-state index contributed by atoms with van der Waals surface area (Å²) >= 11 is 0. The first-order valence-electron chi connectivity index (χ1n) is 7.31. The van der Waals surface area contributed by atoms with Crippen molar-refractivity contribution in [2.75, 3.05) is 0 Å². The van der Waals surface area contributed by atoms with Crippen LogP contribution in [0, 0.1) is 5.92 Å². The summed E-state index contributed by atoms with van der Waals surface area (Å²) in [7, 11) is 1.80. The van der Waals surface area contributed by atoms with Gasteiger partial charge in [0.05, 0.1) is 6.20 Å². The number of hydrogen-bond acceptors (Lipinski definition) is 3. The van der Waals surface area contributed by atoms with E-state index in [0.29, 0.717) is 6.54 Å². The molecule has 116 valence electrons. The van der Waals surface area contributed by atoms with Gasteiger partial charge in [0.1, 0.15) is 6.04 Å². The predicted octanol–water partition coefficient (Wildman–Crippen LogP) is 1.25.